The highest BCUT2D eigenvalue weighted by atomic mass is 32.1. The predicted molar refractivity (Wildman–Crippen MR) is 47.9 cm³/mol. The van der Waals surface area contributed by atoms with Gasteiger partial charge < -0.3 is 5.11 Å². The summed E-state index contributed by atoms with van der Waals surface area (Å²) in [6, 6.07) is 4.94. The van der Waals surface area contributed by atoms with Gasteiger partial charge in [0.15, 0.2) is 0 Å². The van der Waals surface area contributed by atoms with Crippen LogP contribution >= 0.6 is 25.3 Å². The van der Waals surface area contributed by atoms with E-state index < -0.39 is 5.97 Å². The van der Waals surface area contributed by atoms with Crippen LogP contribution in [-0.4, -0.2) is 11.1 Å². The van der Waals surface area contributed by atoms with Gasteiger partial charge in [0.2, 0.25) is 0 Å². The Morgan fingerprint density at radius 1 is 1.27 bits per heavy atom. The van der Waals surface area contributed by atoms with Crippen LogP contribution in [0.15, 0.2) is 28.0 Å². The Labute approximate surface area is 75.1 Å². The van der Waals surface area contributed by atoms with Gasteiger partial charge >= 0.3 is 5.97 Å². The van der Waals surface area contributed by atoms with Gasteiger partial charge in [-0.1, -0.05) is 6.07 Å². The van der Waals surface area contributed by atoms with Crippen LogP contribution in [0.4, 0.5) is 0 Å². The first-order valence-corrected chi connectivity index (χ1v) is 3.76. The maximum atomic E-state index is 10.5. The molecule has 0 bridgehead atoms. The van der Waals surface area contributed by atoms with Gasteiger partial charge in [0.1, 0.15) is 0 Å². The normalized spacial score (nSPS) is 9.64. The Hall–Kier alpha value is -0.610. The van der Waals surface area contributed by atoms with Crippen LogP contribution in [0.25, 0.3) is 0 Å². The number of carboxylic acid groups (broad SMARTS) is 1. The molecule has 0 fully saturated rings. The van der Waals surface area contributed by atoms with E-state index in [0.717, 1.165) is 0 Å². The Morgan fingerprint density at radius 3 is 2.00 bits per heavy atom. The number of thiol groups is 2. The first kappa shape index (κ1) is 8.49. The van der Waals surface area contributed by atoms with E-state index in [-0.39, 0.29) is 5.56 Å². The van der Waals surface area contributed by atoms with E-state index in [4.69, 9.17) is 5.11 Å². The number of carboxylic acids is 1. The molecule has 0 unspecified atom stereocenters. The van der Waals surface area contributed by atoms with Crippen molar-refractivity contribution in [3.63, 3.8) is 0 Å². The van der Waals surface area contributed by atoms with Crippen molar-refractivity contribution < 1.29 is 9.90 Å². The molecule has 11 heavy (non-hydrogen) atoms. The lowest BCUT2D eigenvalue weighted by Crippen LogP contribution is -1.98. The SMILES string of the molecule is O=C(O)c1c(S)cccc1S. The second kappa shape index (κ2) is 3.19. The molecule has 0 saturated heterocycles. The lowest BCUT2D eigenvalue weighted by atomic mass is 10.2. The van der Waals surface area contributed by atoms with E-state index in [9.17, 15) is 4.79 Å². The van der Waals surface area contributed by atoms with Crippen molar-refractivity contribution in [1.82, 2.24) is 0 Å². The van der Waals surface area contributed by atoms with Crippen molar-refractivity contribution in [3.8, 4) is 0 Å². The molecule has 0 atom stereocenters. The second-order valence-corrected chi connectivity index (χ2v) is 2.94. The summed E-state index contributed by atoms with van der Waals surface area (Å²) < 4.78 is 0. The van der Waals surface area contributed by atoms with E-state index in [0.29, 0.717) is 9.79 Å². The standard InChI is InChI=1S/C7H6O2S2/c8-7(9)6-4(10)2-1-3-5(6)11/h1-3,10-11H,(H,8,9). The minimum atomic E-state index is -0.999. The highest BCUT2D eigenvalue weighted by molar-refractivity contribution is 7.81. The van der Waals surface area contributed by atoms with Crippen molar-refractivity contribution in [2.75, 3.05) is 0 Å². The van der Waals surface area contributed by atoms with E-state index in [1.807, 2.05) is 0 Å². The Kier molecular flexibility index (Phi) is 2.46. The van der Waals surface area contributed by atoms with Crippen LogP contribution < -0.4 is 0 Å². The molecule has 0 aromatic heterocycles. The maximum absolute atomic E-state index is 10.5. The van der Waals surface area contributed by atoms with Gasteiger partial charge in [-0.15, -0.1) is 25.3 Å². The molecule has 0 aliphatic rings. The lowest BCUT2D eigenvalue weighted by molar-refractivity contribution is 0.0689. The van der Waals surface area contributed by atoms with Crippen LogP contribution in [0.2, 0.25) is 0 Å². The van der Waals surface area contributed by atoms with Gasteiger partial charge in [-0.05, 0) is 12.1 Å². The fourth-order valence-electron chi connectivity index (χ4n) is 0.747. The third-order valence-electron chi connectivity index (χ3n) is 1.23. The number of aromatic carboxylic acids is 1. The molecule has 0 saturated carbocycles. The summed E-state index contributed by atoms with van der Waals surface area (Å²) in [5.74, 6) is -0.999. The smallest absolute Gasteiger partial charge is 0.337 e. The molecule has 58 valence electrons. The molecule has 0 amide bonds. The second-order valence-electron chi connectivity index (χ2n) is 1.98. The topological polar surface area (TPSA) is 37.3 Å². The monoisotopic (exact) mass is 186 g/mol. The third kappa shape index (κ3) is 1.70. The molecule has 1 rings (SSSR count). The van der Waals surface area contributed by atoms with Crippen LogP contribution in [0.5, 0.6) is 0 Å². The summed E-state index contributed by atoms with van der Waals surface area (Å²) in [7, 11) is 0. The van der Waals surface area contributed by atoms with Crippen LogP contribution in [0.1, 0.15) is 10.4 Å². The number of rotatable bonds is 1. The molecule has 0 aliphatic carbocycles. The van der Waals surface area contributed by atoms with Crippen LogP contribution in [0.3, 0.4) is 0 Å². The quantitative estimate of drug-likeness (QED) is 0.586. The number of hydrogen-bond donors (Lipinski definition) is 3. The van der Waals surface area contributed by atoms with Gasteiger partial charge in [-0.3, -0.25) is 0 Å². The van der Waals surface area contributed by atoms with E-state index in [1.165, 1.54) is 0 Å². The number of carbonyl (C=O) groups is 1. The molecule has 4 heteroatoms. The van der Waals surface area contributed by atoms with Crippen molar-refractivity contribution in [2.45, 2.75) is 9.79 Å². The summed E-state index contributed by atoms with van der Waals surface area (Å²) in [5.41, 5.74) is 0.152. The zero-order valence-corrected chi connectivity index (χ0v) is 7.27. The lowest BCUT2D eigenvalue weighted by Gasteiger charge is -2.00. The van der Waals surface area contributed by atoms with Crippen molar-refractivity contribution in [1.29, 1.82) is 0 Å². The van der Waals surface area contributed by atoms with Gasteiger partial charge in [-0.25, -0.2) is 4.79 Å². The fraction of sp³-hybridized carbons (Fsp3) is 0. The molecular formula is C7H6O2S2. The molecule has 0 spiro atoms. The highest BCUT2D eigenvalue weighted by Gasteiger charge is 2.09. The molecular weight excluding hydrogens is 180 g/mol. The first-order chi connectivity index (χ1) is 5.13. The zero-order chi connectivity index (χ0) is 8.43. The Morgan fingerprint density at radius 2 is 1.73 bits per heavy atom. The van der Waals surface area contributed by atoms with Gasteiger partial charge in [-0.2, -0.15) is 0 Å². The van der Waals surface area contributed by atoms with E-state index >= 15 is 0 Å². The average Bonchev–Trinajstić information content (AvgIpc) is 1.85. The summed E-state index contributed by atoms with van der Waals surface area (Å²) >= 11 is 7.95. The Balaban J connectivity index is 3.32. The summed E-state index contributed by atoms with van der Waals surface area (Å²) in [4.78, 5) is 11.4. The van der Waals surface area contributed by atoms with Crippen molar-refractivity contribution >= 4 is 31.2 Å². The maximum Gasteiger partial charge on any atom is 0.337 e. The third-order valence-corrected chi connectivity index (χ3v) is 1.98. The number of benzene rings is 1. The van der Waals surface area contributed by atoms with Gasteiger partial charge in [0, 0.05) is 9.79 Å². The van der Waals surface area contributed by atoms with Gasteiger partial charge in [0.25, 0.3) is 0 Å². The van der Waals surface area contributed by atoms with E-state index in [1.54, 1.807) is 18.2 Å². The summed E-state index contributed by atoms with van der Waals surface area (Å²) in [5, 5.41) is 8.65. The van der Waals surface area contributed by atoms with Crippen LogP contribution in [0, 0.1) is 0 Å². The minimum absolute atomic E-state index is 0.152. The molecule has 0 aliphatic heterocycles. The highest BCUT2D eigenvalue weighted by Crippen LogP contribution is 2.20. The zero-order valence-electron chi connectivity index (χ0n) is 5.48. The van der Waals surface area contributed by atoms with Gasteiger partial charge in [0.05, 0.1) is 5.56 Å². The average molecular weight is 186 g/mol. The summed E-state index contributed by atoms with van der Waals surface area (Å²) in [6.45, 7) is 0. The molecule has 2 nitrogen and oxygen atoms in total. The Bertz CT molecular complexity index is 276. The molecule has 1 aromatic rings. The largest absolute Gasteiger partial charge is 0.478 e. The van der Waals surface area contributed by atoms with E-state index in [2.05, 4.69) is 25.3 Å². The number of hydrogen-bond acceptors (Lipinski definition) is 3. The molecule has 0 heterocycles. The molecule has 1 N–H and O–H groups in total. The molecule has 0 radical (unpaired) electrons. The first-order valence-electron chi connectivity index (χ1n) is 2.87. The van der Waals surface area contributed by atoms with Crippen molar-refractivity contribution in [2.24, 2.45) is 0 Å². The van der Waals surface area contributed by atoms with Crippen molar-refractivity contribution in [3.05, 3.63) is 23.8 Å². The fourth-order valence-corrected chi connectivity index (χ4v) is 1.44. The summed E-state index contributed by atoms with van der Waals surface area (Å²) in [6.07, 6.45) is 0. The predicted octanol–water partition coefficient (Wildman–Crippen LogP) is 1.96. The minimum Gasteiger partial charge on any atom is -0.478 e. The van der Waals surface area contributed by atoms with Crippen LogP contribution in [-0.2, 0) is 0 Å². The molecule has 1 aromatic carbocycles.